The van der Waals surface area contributed by atoms with E-state index in [1.54, 1.807) is 14.2 Å². The van der Waals surface area contributed by atoms with Crippen molar-refractivity contribution in [2.45, 2.75) is 33.2 Å². The number of benzene rings is 1. The summed E-state index contributed by atoms with van der Waals surface area (Å²) in [6, 6.07) is 4.15. The fourth-order valence-electron chi connectivity index (χ4n) is 1.89. The van der Waals surface area contributed by atoms with Crippen LogP contribution in [0.5, 0.6) is 11.5 Å². The van der Waals surface area contributed by atoms with Crippen molar-refractivity contribution in [1.29, 1.82) is 0 Å². The van der Waals surface area contributed by atoms with Gasteiger partial charge in [0.25, 0.3) is 0 Å². The minimum Gasteiger partial charge on any atom is -0.493 e. The van der Waals surface area contributed by atoms with E-state index in [2.05, 4.69) is 38.2 Å². The zero-order valence-electron chi connectivity index (χ0n) is 11.5. The van der Waals surface area contributed by atoms with E-state index in [0.717, 1.165) is 24.6 Å². The average molecular weight is 237 g/mol. The third-order valence-corrected chi connectivity index (χ3v) is 2.83. The molecule has 0 aliphatic heterocycles. The monoisotopic (exact) mass is 237 g/mol. The number of nitrogens with one attached hydrogen (secondary N) is 1. The number of hydrogen-bond acceptors (Lipinski definition) is 3. The Labute approximate surface area is 104 Å². The molecule has 0 unspecified atom stereocenters. The molecule has 0 saturated carbocycles. The average Bonchev–Trinajstić information content (AvgIpc) is 2.34. The van der Waals surface area contributed by atoms with Gasteiger partial charge in [-0.2, -0.15) is 0 Å². The van der Waals surface area contributed by atoms with Crippen molar-refractivity contribution in [3.8, 4) is 11.5 Å². The van der Waals surface area contributed by atoms with Crippen LogP contribution in [-0.2, 0) is 6.54 Å². The van der Waals surface area contributed by atoms with Crippen LogP contribution in [0.3, 0.4) is 0 Å². The smallest absolute Gasteiger partial charge is 0.161 e. The molecular weight excluding hydrogens is 214 g/mol. The standard InChI is InChI=1S/C14H23NO2/c1-6-15-9-11-7-13(16-4)14(17-5)8-12(11)10(2)3/h7-8,10,15H,6,9H2,1-5H3. The highest BCUT2D eigenvalue weighted by molar-refractivity contribution is 5.48. The first kappa shape index (κ1) is 13.8. The van der Waals surface area contributed by atoms with Crippen LogP contribution in [0.25, 0.3) is 0 Å². The van der Waals surface area contributed by atoms with Crippen LogP contribution in [-0.4, -0.2) is 20.8 Å². The maximum atomic E-state index is 5.34. The topological polar surface area (TPSA) is 30.5 Å². The van der Waals surface area contributed by atoms with Crippen LogP contribution in [0, 0.1) is 0 Å². The van der Waals surface area contributed by atoms with Gasteiger partial charge in [-0.25, -0.2) is 0 Å². The fraction of sp³-hybridized carbons (Fsp3) is 0.571. The van der Waals surface area contributed by atoms with E-state index < -0.39 is 0 Å². The van der Waals surface area contributed by atoms with Crippen molar-refractivity contribution >= 4 is 0 Å². The molecule has 0 spiro atoms. The molecule has 17 heavy (non-hydrogen) atoms. The van der Waals surface area contributed by atoms with E-state index in [4.69, 9.17) is 9.47 Å². The van der Waals surface area contributed by atoms with E-state index in [0.29, 0.717) is 5.92 Å². The highest BCUT2D eigenvalue weighted by Gasteiger charge is 2.12. The van der Waals surface area contributed by atoms with E-state index in [9.17, 15) is 0 Å². The molecule has 1 N–H and O–H groups in total. The van der Waals surface area contributed by atoms with Crippen molar-refractivity contribution in [1.82, 2.24) is 5.32 Å². The van der Waals surface area contributed by atoms with Crippen molar-refractivity contribution < 1.29 is 9.47 Å². The largest absolute Gasteiger partial charge is 0.493 e. The summed E-state index contributed by atoms with van der Waals surface area (Å²) in [4.78, 5) is 0. The van der Waals surface area contributed by atoms with E-state index in [1.165, 1.54) is 11.1 Å². The molecule has 1 aromatic carbocycles. The normalized spacial score (nSPS) is 10.7. The van der Waals surface area contributed by atoms with Gasteiger partial charge in [-0.3, -0.25) is 0 Å². The maximum Gasteiger partial charge on any atom is 0.161 e. The van der Waals surface area contributed by atoms with Gasteiger partial charge in [0.1, 0.15) is 0 Å². The quantitative estimate of drug-likeness (QED) is 0.825. The van der Waals surface area contributed by atoms with Crippen LogP contribution in [0.1, 0.15) is 37.8 Å². The van der Waals surface area contributed by atoms with Crippen LogP contribution >= 0.6 is 0 Å². The first-order chi connectivity index (χ1) is 8.13. The summed E-state index contributed by atoms with van der Waals surface area (Å²) in [7, 11) is 3.34. The molecule has 0 atom stereocenters. The summed E-state index contributed by atoms with van der Waals surface area (Å²) >= 11 is 0. The first-order valence-electron chi connectivity index (χ1n) is 6.09. The molecule has 0 aliphatic rings. The van der Waals surface area contributed by atoms with Gasteiger partial charge in [0.05, 0.1) is 14.2 Å². The number of ether oxygens (including phenoxy) is 2. The lowest BCUT2D eigenvalue weighted by molar-refractivity contribution is 0.353. The Bertz CT molecular complexity index is 361. The zero-order valence-corrected chi connectivity index (χ0v) is 11.5. The highest BCUT2D eigenvalue weighted by atomic mass is 16.5. The van der Waals surface area contributed by atoms with Crippen molar-refractivity contribution in [3.63, 3.8) is 0 Å². The van der Waals surface area contributed by atoms with E-state index >= 15 is 0 Å². The van der Waals surface area contributed by atoms with Crippen LogP contribution in [0.2, 0.25) is 0 Å². The lowest BCUT2D eigenvalue weighted by Crippen LogP contribution is -2.14. The molecule has 0 amide bonds. The molecule has 0 aliphatic carbocycles. The Morgan fingerprint density at radius 1 is 1.12 bits per heavy atom. The molecule has 3 heteroatoms. The summed E-state index contributed by atoms with van der Waals surface area (Å²) in [6.45, 7) is 8.32. The second kappa shape index (κ2) is 6.50. The fourth-order valence-corrected chi connectivity index (χ4v) is 1.89. The number of methoxy groups -OCH3 is 2. The SMILES string of the molecule is CCNCc1cc(OC)c(OC)cc1C(C)C. The lowest BCUT2D eigenvalue weighted by Gasteiger charge is -2.17. The third-order valence-electron chi connectivity index (χ3n) is 2.83. The molecule has 3 nitrogen and oxygen atoms in total. The summed E-state index contributed by atoms with van der Waals surface area (Å²) in [6.07, 6.45) is 0. The Kier molecular flexibility index (Phi) is 5.29. The second-order valence-electron chi connectivity index (χ2n) is 4.34. The van der Waals surface area contributed by atoms with E-state index in [1.807, 2.05) is 0 Å². The maximum absolute atomic E-state index is 5.34. The predicted molar refractivity (Wildman–Crippen MR) is 71.0 cm³/mol. The van der Waals surface area contributed by atoms with Gasteiger partial charge < -0.3 is 14.8 Å². The number of hydrogen-bond donors (Lipinski definition) is 1. The van der Waals surface area contributed by atoms with Gasteiger partial charge in [-0.05, 0) is 35.7 Å². The van der Waals surface area contributed by atoms with Gasteiger partial charge in [0.15, 0.2) is 11.5 Å². The molecule has 0 aromatic heterocycles. The summed E-state index contributed by atoms with van der Waals surface area (Å²) in [5.41, 5.74) is 2.59. The summed E-state index contributed by atoms with van der Waals surface area (Å²) in [5.74, 6) is 2.07. The molecule has 1 aromatic rings. The molecule has 0 radical (unpaired) electrons. The second-order valence-corrected chi connectivity index (χ2v) is 4.34. The highest BCUT2D eigenvalue weighted by Crippen LogP contribution is 2.33. The minimum absolute atomic E-state index is 0.475. The third kappa shape index (κ3) is 3.37. The predicted octanol–water partition coefficient (Wildman–Crippen LogP) is 2.94. The Balaban J connectivity index is 3.15. The zero-order chi connectivity index (χ0) is 12.8. The van der Waals surface area contributed by atoms with Crippen LogP contribution < -0.4 is 14.8 Å². The van der Waals surface area contributed by atoms with Gasteiger partial charge in [-0.1, -0.05) is 20.8 Å². The minimum atomic E-state index is 0.475. The van der Waals surface area contributed by atoms with Gasteiger partial charge in [-0.15, -0.1) is 0 Å². The Morgan fingerprint density at radius 3 is 2.18 bits per heavy atom. The van der Waals surface area contributed by atoms with Crippen LogP contribution in [0.4, 0.5) is 0 Å². The van der Waals surface area contributed by atoms with Gasteiger partial charge >= 0.3 is 0 Å². The summed E-state index contributed by atoms with van der Waals surface area (Å²) in [5, 5.41) is 3.35. The van der Waals surface area contributed by atoms with Crippen LogP contribution in [0.15, 0.2) is 12.1 Å². The molecule has 96 valence electrons. The van der Waals surface area contributed by atoms with Gasteiger partial charge in [0.2, 0.25) is 0 Å². The molecule has 1 rings (SSSR count). The molecule has 0 saturated heterocycles. The summed E-state index contributed by atoms with van der Waals surface area (Å²) < 4.78 is 10.7. The number of rotatable bonds is 6. The Morgan fingerprint density at radius 2 is 1.71 bits per heavy atom. The molecule has 0 heterocycles. The first-order valence-corrected chi connectivity index (χ1v) is 6.09. The Hall–Kier alpha value is -1.22. The van der Waals surface area contributed by atoms with Crippen molar-refractivity contribution in [3.05, 3.63) is 23.3 Å². The molecule has 0 fully saturated rings. The molecular formula is C14H23NO2. The van der Waals surface area contributed by atoms with E-state index in [-0.39, 0.29) is 0 Å². The van der Waals surface area contributed by atoms with Gasteiger partial charge in [0, 0.05) is 6.54 Å². The van der Waals surface area contributed by atoms with Crippen molar-refractivity contribution in [2.75, 3.05) is 20.8 Å². The molecule has 0 bridgehead atoms. The van der Waals surface area contributed by atoms with Crippen molar-refractivity contribution in [2.24, 2.45) is 0 Å². The lowest BCUT2D eigenvalue weighted by atomic mass is 9.96.